The van der Waals surface area contributed by atoms with Crippen molar-refractivity contribution in [3.63, 3.8) is 0 Å². The van der Waals surface area contributed by atoms with Crippen LogP contribution in [0.4, 0.5) is 8.78 Å². The number of carbonyl (C=O) groups is 1. The van der Waals surface area contributed by atoms with Crippen molar-refractivity contribution in [3.05, 3.63) is 29.8 Å². The molecule has 0 saturated heterocycles. The van der Waals surface area contributed by atoms with Gasteiger partial charge in [-0.05, 0) is 24.7 Å². The Morgan fingerprint density at radius 3 is 2.82 bits per heavy atom. The number of halogens is 2. The van der Waals surface area contributed by atoms with Gasteiger partial charge in [-0.1, -0.05) is 12.1 Å². The first-order chi connectivity index (χ1) is 7.97. The highest BCUT2D eigenvalue weighted by Gasteiger charge is 2.07. The van der Waals surface area contributed by atoms with Crippen LogP contribution >= 0.6 is 0 Å². The lowest BCUT2D eigenvalue weighted by Gasteiger charge is -2.14. The monoisotopic (exact) mass is 245 g/mol. The summed E-state index contributed by atoms with van der Waals surface area (Å²) in [5.41, 5.74) is 0.715. The average molecular weight is 245 g/mol. The molecule has 17 heavy (non-hydrogen) atoms. The molecular weight excluding hydrogens is 232 g/mol. The molecule has 0 heterocycles. The first kappa shape index (κ1) is 13.4. The summed E-state index contributed by atoms with van der Waals surface area (Å²) in [4.78, 5) is 12.0. The van der Waals surface area contributed by atoms with Gasteiger partial charge in [0.1, 0.15) is 5.75 Å². The summed E-state index contributed by atoms with van der Waals surface area (Å²) < 4.78 is 28.2. The van der Waals surface area contributed by atoms with Crippen LogP contribution in [0, 0.1) is 0 Å². The summed E-state index contributed by atoms with van der Waals surface area (Å²) in [6, 6.07) is 6.19. The number of ether oxygens (including phenoxy) is 1. The van der Waals surface area contributed by atoms with Crippen LogP contribution in [0.15, 0.2) is 24.3 Å². The number of aliphatic carboxylic acids is 1. The summed E-state index contributed by atoms with van der Waals surface area (Å²) in [5, 5.41) is 8.57. The Morgan fingerprint density at radius 2 is 2.24 bits per heavy atom. The maximum atomic E-state index is 12.0. The van der Waals surface area contributed by atoms with Gasteiger partial charge in [0.2, 0.25) is 0 Å². The van der Waals surface area contributed by atoms with E-state index >= 15 is 0 Å². The van der Waals surface area contributed by atoms with Gasteiger partial charge in [0.25, 0.3) is 0 Å². The maximum Gasteiger partial charge on any atom is 0.387 e. The van der Waals surface area contributed by atoms with Crippen molar-refractivity contribution < 1.29 is 23.4 Å². The first-order valence-corrected chi connectivity index (χ1v) is 4.91. The quantitative estimate of drug-likeness (QED) is 0.830. The van der Waals surface area contributed by atoms with Crippen LogP contribution in [0.1, 0.15) is 5.56 Å². The third-order valence-corrected chi connectivity index (χ3v) is 1.98. The number of rotatable bonds is 6. The van der Waals surface area contributed by atoms with E-state index in [4.69, 9.17) is 5.11 Å². The van der Waals surface area contributed by atoms with Crippen LogP contribution in [0.2, 0.25) is 0 Å². The summed E-state index contributed by atoms with van der Waals surface area (Å²) in [5.74, 6) is -0.867. The first-order valence-electron chi connectivity index (χ1n) is 4.91. The number of hydrogen-bond donors (Lipinski definition) is 1. The molecule has 0 bridgehead atoms. The van der Waals surface area contributed by atoms with E-state index < -0.39 is 12.6 Å². The minimum absolute atomic E-state index is 0.0706. The molecule has 0 fully saturated rings. The second-order valence-electron chi connectivity index (χ2n) is 3.59. The Kier molecular flexibility index (Phi) is 4.84. The van der Waals surface area contributed by atoms with E-state index in [1.54, 1.807) is 24.1 Å². The molecule has 0 radical (unpaired) electrons. The topological polar surface area (TPSA) is 49.8 Å². The number of likely N-dealkylation sites (N-methyl/N-ethyl adjacent to an activating group) is 1. The zero-order chi connectivity index (χ0) is 12.8. The van der Waals surface area contributed by atoms with Gasteiger partial charge < -0.3 is 9.84 Å². The third kappa shape index (κ3) is 5.26. The van der Waals surface area contributed by atoms with Crippen molar-refractivity contribution in [2.45, 2.75) is 13.2 Å². The number of nitrogens with zero attached hydrogens (tertiary/aromatic N) is 1. The zero-order valence-electron chi connectivity index (χ0n) is 9.27. The molecular formula is C11H13F2NO3. The lowest BCUT2D eigenvalue weighted by atomic mass is 10.2. The molecule has 0 aliphatic heterocycles. The van der Waals surface area contributed by atoms with Crippen LogP contribution in [-0.4, -0.2) is 36.2 Å². The van der Waals surface area contributed by atoms with E-state index in [0.717, 1.165) is 0 Å². The number of hydrogen-bond acceptors (Lipinski definition) is 3. The fourth-order valence-electron chi connectivity index (χ4n) is 1.42. The zero-order valence-corrected chi connectivity index (χ0v) is 9.27. The Labute approximate surface area is 97.4 Å². The largest absolute Gasteiger partial charge is 0.480 e. The highest BCUT2D eigenvalue weighted by Crippen LogP contribution is 2.16. The molecule has 0 spiro atoms. The molecule has 6 heteroatoms. The predicted molar refractivity (Wildman–Crippen MR) is 57.0 cm³/mol. The number of benzene rings is 1. The molecule has 1 rings (SSSR count). The van der Waals surface area contributed by atoms with Crippen LogP contribution in [0.5, 0.6) is 5.75 Å². The fraction of sp³-hybridized carbons (Fsp3) is 0.364. The summed E-state index contributed by atoms with van der Waals surface area (Å²) in [7, 11) is 1.63. The molecule has 0 amide bonds. The summed E-state index contributed by atoms with van der Waals surface area (Å²) in [6.07, 6.45) is 0. The lowest BCUT2D eigenvalue weighted by Crippen LogP contribution is -2.25. The summed E-state index contributed by atoms with van der Waals surface area (Å²) in [6.45, 7) is -2.62. The van der Waals surface area contributed by atoms with Crippen molar-refractivity contribution in [2.75, 3.05) is 13.6 Å². The van der Waals surface area contributed by atoms with E-state index in [1.807, 2.05) is 0 Å². The van der Waals surface area contributed by atoms with Crippen LogP contribution < -0.4 is 4.74 Å². The second kappa shape index (κ2) is 6.15. The van der Waals surface area contributed by atoms with Crippen molar-refractivity contribution in [3.8, 4) is 5.75 Å². The summed E-state index contributed by atoms with van der Waals surface area (Å²) >= 11 is 0. The number of carboxylic acids is 1. The Hall–Kier alpha value is -1.69. The molecule has 0 saturated carbocycles. The smallest absolute Gasteiger partial charge is 0.387 e. The van der Waals surface area contributed by atoms with Gasteiger partial charge in [0, 0.05) is 6.54 Å². The minimum atomic E-state index is -2.86. The van der Waals surface area contributed by atoms with E-state index in [0.29, 0.717) is 12.1 Å². The van der Waals surface area contributed by atoms with E-state index in [9.17, 15) is 13.6 Å². The molecule has 0 unspecified atom stereocenters. The van der Waals surface area contributed by atoms with Crippen molar-refractivity contribution in [1.82, 2.24) is 4.90 Å². The Morgan fingerprint density at radius 1 is 1.53 bits per heavy atom. The lowest BCUT2D eigenvalue weighted by molar-refractivity contribution is -0.138. The molecule has 4 nitrogen and oxygen atoms in total. The Bertz CT molecular complexity index is 385. The number of carboxylic acid groups (broad SMARTS) is 1. The van der Waals surface area contributed by atoms with Gasteiger partial charge in [-0.3, -0.25) is 9.69 Å². The SMILES string of the molecule is CN(CC(=O)O)Cc1cccc(OC(F)F)c1. The molecule has 0 aliphatic carbocycles. The highest BCUT2D eigenvalue weighted by molar-refractivity contribution is 5.69. The predicted octanol–water partition coefficient (Wildman–Crippen LogP) is 1.80. The van der Waals surface area contributed by atoms with E-state index in [1.165, 1.54) is 12.1 Å². The van der Waals surface area contributed by atoms with Gasteiger partial charge in [0.15, 0.2) is 0 Å². The van der Waals surface area contributed by atoms with E-state index in [-0.39, 0.29) is 12.3 Å². The Balaban J connectivity index is 2.62. The van der Waals surface area contributed by atoms with Gasteiger partial charge in [-0.2, -0.15) is 8.78 Å². The molecule has 0 atom stereocenters. The second-order valence-corrected chi connectivity index (χ2v) is 3.59. The molecule has 1 aromatic carbocycles. The molecule has 0 aromatic heterocycles. The van der Waals surface area contributed by atoms with Crippen molar-refractivity contribution >= 4 is 5.97 Å². The molecule has 94 valence electrons. The maximum absolute atomic E-state index is 12.0. The van der Waals surface area contributed by atoms with Crippen LogP contribution in [0.25, 0.3) is 0 Å². The van der Waals surface area contributed by atoms with Gasteiger partial charge in [-0.25, -0.2) is 0 Å². The van der Waals surface area contributed by atoms with Crippen LogP contribution in [0.3, 0.4) is 0 Å². The molecule has 1 aromatic rings. The van der Waals surface area contributed by atoms with E-state index in [2.05, 4.69) is 4.74 Å². The normalized spacial score (nSPS) is 10.9. The standard InChI is InChI=1S/C11H13F2NO3/c1-14(7-10(15)16)6-8-3-2-4-9(5-8)17-11(12)13/h2-5,11H,6-7H2,1H3,(H,15,16). The minimum Gasteiger partial charge on any atom is -0.480 e. The molecule has 1 N–H and O–H groups in total. The van der Waals surface area contributed by atoms with Crippen molar-refractivity contribution in [1.29, 1.82) is 0 Å². The number of alkyl halides is 2. The third-order valence-electron chi connectivity index (χ3n) is 1.98. The average Bonchev–Trinajstić information content (AvgIpc) is 2.14. The van der Waals surface area contributed by atoms with Gasteiger partial charge in [0.05, 0.1) is 6.54 Å². The van der Waals surface area contributed by atoms with Crippen LogP contribution in [-0.2, 0) is 11.3 Å². The van der Waals surface area contributed by atoms with Gasteiger partial charge in [-0.15, -0.1) is 0 Å². The van der Waals surface area contributed by atoms with Crippen molar-refractivity contribution in [2.24, 2.45) is 0 Å². The highest BCUT2D eigenvalue weighted by atomic mass is 19.3. The fourth-order valence-corrected chi connectivity index (χ4v) is 1.42. The van der Waals surface area contributed by atoms with Gasteiger partial charge >= 0.3 is 12.6 Å². The molecule has 0 aliphatic rings.